The average molecular weight is 481 g/mol. The first kappa shape index (κ1) is 25.8. The molecule has 0 aromatic heterocycles. The molecule has 1 N–H and O–H groups in total. The van der Waals surface area contributed by atoms with Crippen LogP contribution < -0.4 is 0 Å². The van der Waals surface area contributed by atoms with Gasteiger partial charge in [-0.15, -0.1) is 11.6 Å². The van der Waals surface area contributed by atoms with Crippen molar-refractivity contribution < 1.29 is 14.6 Å². The number of hydrogen-bond donors (Lipinski definition) is 1. The molecule has 0 aromatic carbocycles. The van der Waals surface area contributed by atoms with Gasteiger partial charge in [-0.25, -0.2) is 0 Å². The summed E-state index contributed by atoms with van der Waals surface area (Å²) in [5.41, 5.74) is -0.693. The third kappa shape index (κ3) is 4.30. The van der Waals surface area contributed by atoms with Crippen LogP contribution in [0, 0.1) is 46.3 Å². The van der Waals surface area contributed by atoms with E-state index in [1.807, 2.05) is 0 Å². The summed E-state index contributed by atoms with van der Waals surface area (Å²) in [7, 11) is 0. The standard InChI is InChI=1S/C29H49ClO3/c1-18(2)8-7-9-19(3)23-10-11-24-22-16-26(30)29(32)17-21(33-20(4)31)12-15-28(29,6)25(22)13-14-27(23,24)5/h18-19,21-26,32H,7-17H2,1-6H3/t19-,21+,22+,23-,24+,25+,26+,27-,28-,29-/m1/s1. The van der Waals surface area contributed by atoms with Crippen molar-refractivity contribution in [2.75, 3.05) is 0 Å². The Morgan fingerprint density at radius 3 is 2.45 bits per heavy atom. The van der Waals surface area contributed by atoms with Crippen LogP contribution in [-0.2, 0) is 9.53 Å². The van der Waals surface area contributed by atoms with E-state index in [0.717, 1.165) is 42.9 Å². The Labute approximate surface area is 207 Å². The number of esters is 1. The summed E-state index contributed by atoms with van der Waals surface area (Å²) in [4.78, 5) is 11.6. The molecular weight excluding hydrogens is 432 g/mol. The minimum atomic E-state index is -0.941. The van der Waals surface area contributed by atoms with Gasteiger partial charge in [0.05, 0.1) is 11.0 Å². The normalized spacial score (nSPS) is 48.0. The predicted molar refractivity (Wildman–Crippen MR) is 135 cm³/mol. The van der Waals surface area contributed by atoms with Crippen molar-refractivity contribution in [3.8, 4) is 0 Å². The molecule has 0 aliphatic heterocycles. The lowest BCUT2D eigenvalue weighted by atomic mass is 9.43. The van der Waals surface area contributed by atoms with E-state index in [1.54, 1.807) is 0 Å². The summed E-state index contributed by atoms with van der Waals surface area (Å²) >= 11 is 7.09. The highest BCUT2D eigenvalue weighted by Gasteiger charge is 2.67. The summed E-state index contributed by atoms with van der Waals surface area (Å²) in [5.74, 6) is 4.08. The Hall–Kier alpha value is -0.280. The second-order valence-corrected chi connectivity index (χ2v) is 14.0. The van der Waals surface area contributed by atoms with E-state index < -0.39 is 5.60 Å². The molecule has 0 aromatic rings. The molecule has 4 heteroatoms. The van der Waals surface area contributed by atoms with E-state index in [4.69, 9.17) is 16.3 Å². The lowest BCUT2D eigenvalue weighted by molar-refractivity contribution is -0.221. The highest BCUT2D eigenvalue weighted by molar-refractivity contribution is 6.21. The second kappa shape index (κ2) is 9.30. The number of carbonyl (C=O) groups is 1. The third-order valence-electron chi connectivity index (χ3n) is 11.3. The maximum absolute atomic E-state index is 12.0. The fraction of sp³-hybridized carbons (Fsp3) is 0.966. The summed E-state index contributed by atoms with van der Waals surface area (Å²) in [5, 5.41) is 11.7. The molecule has 4 fully saturated rings. The van der Waals surface area contributed by atoms with Gasteiger partial charge in [-0.3, -0.25) is 4.79 Å². The Bertz CT molecular complexity index is 724. The van der Waals surface area contributed by atoms with Crippen LogP contribution in [0.1, 0.15) is 112 Å². The van der Waals surface area contributed by atoms with Crippen LogP contribution in [0.3, 0.4) is 0 Å². The lowest BCUT2D eigenvalue weighted by Gasteiger charge is -2.65. The quantitative estimate of drug-likeness (QED) is 0.318. The van der Waals surface area contributed by atoms with E-state index in [1.165, 1.54) is 51.9 Å². The number of halogens is 1. The molecule has 10 atom stereocenters. The van der Waals surface area contributed by atoms with Crippen LogP contribution in [0.2, 0.25) is 0 Å². The highest BCUT2D eigenvalue weighted by atomic mass is 35.5. The maximum Gasteiger partial charge on any atom is 0.302 e. The fourth-order valence-corrected chi connectivity index (χ4v) is 10.1. The molecule has 0 heterocycles. The number of carbonyl (C=O) groups excluding carboxylic acids is 1. The predicted octanol–water partition coefficient (Wildman–Crippen LogP) is 7.37. The molecule has 0 radical (unpaired) electrons. The van der Waals surface area contributed by atoms with E-state index in [-0.39, 0.29) is 22.9 Å². The van der Waals surface area contributed by atoms with E-state index in [9.17, 15) is 9.90 Å². The molecule has 4 saturated carbocycles. The molecule has 4 aliphatic carbocycles. The van der Waals surface area contributed by atoms with Crippen molar-refractivity contribution in [2.45, 2.75) is 129 Å². The molecule has 0 amide bonds. The highest BCUT2D eigenvalue weighted by Crippen LogP contribution is 2.69. The smallest absolute Gasteiger partial charge is 0.302 e. The van der Waals surface area contributed by atoms with Crippen molar-refractivity contribution >= 4 is 17.6 Å². The van der Waals surface area contributed by atoms with Crippen molar-refractivity contribution in [3.05, 3.63) is 0 Å². The van der Waals surface area contributed by atoms with Gasteiger partial charge in [0.2, 0.25) is 0 Å². The summed E-state index contributed by atoms with van der Waals surface area (Å²) in [6.07, 6.45) is 12.3. The van der Waals surface area contributed by atoms with Crippen molar-refractivity contribution in [3.63, 3.8) is 0 Å². The molecule has 4 aliphatic rings. The SMILES string of the molecule is CC(=O)O[C@H]1CC[C@]2(C)[C@H]3CC[C@]4(C)[C@@H]([C@H](C)CCCC(C)C)CC[C@H]4[C@@H]3C[C@H](Cl)[C@]2(O)C1. The Morgan fingerprint density at radius 1 is 1.06 bits per heavy atom. The number of alkyl halides is 1. The molecular formula is C29H49ClO3. The molecule has 0 unspecified atom stereocenters. The Balaban J connectivity index is 1.51. The van der Waals surface area contributed by atoms with Crippen LogP contribution >= 0.6 is 11.6 Å². The minimum Gasteiger partial charge on any atom is -0.462 e. The van der Waals surface area contributed by atoms with E-state index in [2.05, 4.69) is 34.6 Å². The van der Waals surface area contributed by atoms with Crippen molar-refractivity contribution in [1.29, 1.82) is 0 Å². The number of fused-ring (bicyclic) bond motifs is 5. The van der Waals surface area contributed by atoms with Gasteiger partial charge < -0.3 is 9.84 Å². The first-order valence-corrected chi connectivity index (χ1v) is 14.4. The minimum absolute atomic E-state index is 0.179. The van der Waals surface area contributed by atoms with Crippen LogP contribution in [0.15, 0.2) is 0 Å². The van der Waals surface area contributed by atoms with Gasteiger partial charge in [-0.05, 0) is 85.9 Å². The van der Waals surface area contributed by atoms with Crippen LogP contribution in [0.25, 0.3) is 0 Å². The Kier molecular flexibility index (Phi) is 7.28. The third-order valence-corrected chi connectivity index (χ3v) is 11.8. The Morgan fingerprint density at radius 2 is 1.79 bits per heavy atom. The van der Waals surface area contributed by atoms with Crippen LogP contribution in [0.4, 0.5) is 0 Å². The van der Waals surface area contributed by atoms with Crippen LogP contribution in [0.5, 0.6) is 0 Å². The first-order valence-electron chi connectivity index (χ1n) is 14.0. The zero-order valence-corrected chi connectivity index (χ0v) is 22.8. The largest absolute Gasteiger partial charge is 0.462 e. The van der Waals surface area contributed by atoms with E-state index in [0.29, 0.717) is 23.7 Å². The maximum atomic E-state index is 12.0. The summed E-state index contributed by atoms with van der Waals surface area (Å²) in [6, 6.07) is 0. The second-order valence-electron chi connectivity index (χ2n) is 13.4. The number of ether oxygens (including phenoxy) is 1. The molecule has 0 bridgehead atoms. The van der Waals surface area contributed by atoms with E-state index >= 15 is 0 Å². The van der Waals surface area contributed by atoms with Crippen molar-refractivity contribution in [2.24, 2.45) is 46.3 Å². The molecule has 0 spiro atoms. The topological polar surface area (TPSA) is 46.5 Å². The molecule has 3 nitrogen and oxygen atoms in total. The number of rotatable bonds is 6. The number of aliphatic hydroxyl groups is 1. The van der Waals surface area contributed by atoms with Gasteiger partial charge >= 0.3 is 5.97 Å². The zero-order valence-electron chi connectivity index (χ0n) is 22.0. The van der Waals surface area contributed by atoms with Gasteiger partial charge in [0.25, 0.3) is 0 Å². The summed E-state index contributed by atoms with van der Waals surface area (Å²) in [6.45, 7) is 13.6. The zero-order chi connectivity index (χ0) is 24.2. The summed E-state index contributed by atoms with van der Waals surface area (Å²) < 4.78 is 5.55. The monoisotopic (exact) mass is 480 g/mol. The molecule has 4 rings (SSSR count). The van der Waals surface area contributed by atoms with Gasteiger partial charge in [0.15, 0.2) is 0 Å². The van der Waals surface area contributed by atoms with Crippen molar-refractivity contribution in [1.82, 2.24) is 0 Å². The average Bonchev–Trinajstić information content (AvgIpc) is 3.07. The molecule has 190 valence electrons. The number of hydrogen-bond acceptors (Lipinski definition) is 3. The van der Waals surface area contributed by atoms with Crippen LogP contribution in [-0.4, -0.2) is 28.2 Å². The van der Waals surface area contributed by atoms with Gasteiger partial charge in [-0.1, -0.05) is 53.9 Å². The first-order chi connectivity index (χ1) is 15.4. The molecule has 0 saturated heterocycles. The van der Waals surface area contributed by atoms with Gasteiger partial charge in [0, 0.05) is 18.8 Å². The fourth-order valence-electron chi connectivity index (χ4n) is 9.55. The molecule has 33 heavy (non-hydrogen) atoms. The van der Waals surface area contributed by atoms with Gasteiger partial charge in [0.1, 0.15) is 6.10 Å². The van der Waals surface area contributed by atoms with Gasteiger partial charge in [-0.2, -0.15) is 0 Å². The lowest BCUT2D eigenvalue weighted by Crippen LogP contribution is -2.67.